The van der Waals surface area contributed by atoms with Crippen LogP contribution >= 0.6 is 0 Å². The molecule has 2 aromatic heterocycles. The molecule has 0 saturated heterocycles. The van der Waals surface area contributed by atoms with Gasteiger partial charge in [-0.25, -0.2) is 9.37 Å². The second-order valence-corrected chi connectivity index (χ2v) is 14.6. The molecular weight excluding hydrogens is 644 g/mol. The van der Waals surface area contributed by atoms with Crippen LogP contribution in [0.2, 0.25) is 0 Å². The van der Waals surface area contributed by atoms with Crippen molar-refractivity contribution in [2.75, 3.05) is 16.5 Å². The van der Waals surface area contributed by atoms with E-state index < -0.39 is 0 Å². The maximum Gasteiger partial charge on any atom is 0.137 e. The van der Waals surface area contributed by atoms with E-state index in [9.17, 15) is 4.39 Å². The lowest BCUT2D eigenvalue weighted by molar-refractivity contribution is 0.480. The van der Waals surface area contributed by atoms with Gasteiger partial charge in [0.2, 0.25) is 0 Å². The van der Waals surface area contributed by atoms with Gasteiger partial charge in [0.25, 0.3) is 0 Å². The van der Waals surface area contributed by atoms with E-state index in [-0.39, 0.29) is 5.82 Å². The van der Waals surface area contributed by atoms with E-state index in [4.69, 9.17) is 9.72 Å². The van der Waals surface area contributed by atoms with Crippen molar-refractivity contribution in [1.82, 2.24) is 9.55 Å². The predicted octanol–water partition coefficient (Wildman–Crippen LogP) is 12.9. The first-order valence-electron chi connectivity index (χ1n) is 18.7. The van der Waals surface area contributed by atoms with E-state index in [1.54, 1.807) is 0 Å². The number of rotatable bonds is 7. The summed E-state index contributed by atoms with van der Waals surface area (Å²) in [6, 6.07) is 41.4. The molecule has 5 nitrogen and oxygen atoms in total. The number of aromatic nitrogens is 2. The molecule has 1 saturated carbocycles. The third-order valence-electron chi connectivity index (χ3n) is 11.0. The van der Waals surface area contributed by atoms with Crippen molar-refractivity contribution in [2.24, 2.45) is 0 Å². The van der Waals surface area contributed by atoms with Gasteiger partial charge in [-0.1, -0.05) is 69.9 Å². The maximum atomic E-state index is 13.9. The van der Waals surface area contributed by atoms with Crippen molar-refractivity contribution in [3.8, 4) is 17.3 Å². The fraction of sp³-hybridized carbons (Fsp3) is 0.239. The summed E-state index contributed by atoms with van der Waals surface area (Å²) >= 11 is 0. The number of benzene rings is 5. The minimum absolute atomic E-state index is 0.232. The summed E-state index contributed by atoms with van der Waals surface area (Å²) in [6.07, 6.45) is 9.40. The lowest BCUT2D eigenvalue weighted by Crippen LogP contribution is -2.24. The number of para-hydroxylation sites is 3. The SMILES string of the molecule is CC(C)c1ccnc(-n2c3ccccc3c3ccc(Oc4cc(C5CCCCCC5)cc(N5CN(c6ccc(F)cc6)c6ccccc65)c4)cc32)c1. The van der Waals surface area contributed by atoms with Gasteiger partial charge >= 0.3 is 0 Å². The first-order valence-corrected chi connectivity index (χ1v) is 18.7. The normalized spacial score (nSPS) is 15.1. The summed E-state index contributed by atoms with van der Waals surface area (Å²) in [4.78, 5) is 9.46. The largest absolute Gasteiger partial charge is 0.457 e. The summed E-state index contributed by atoms with van der Waals surface area (Å²) in [5.41, 5.74) is 9.06. The van der Waals surface area contributed by atoms with Crippen LogP contribution in [0.25, 0.3) is 27.6 Å². The Balaban J connectivity index is 1.14. The van der Waals surface area contributed by atoms with E-state index in [2.05, 4.69) is 125 Å². The fourth-order valence-electron chi connectivity index (χ4n) is 8.26. The number of anilines is 4. The van der Waals surface area contributed by atoms with Gasteiger partial charge in [0.1, 0.15) is 29.8 Å². The number of hydrogen-bond acceptors (Lipinski definition) is 4. The van der Waals surface area contributed by atoms with E-state index in [1.807, 2.05) is 18.3 Å². The van der Waals surface area contributed by atoms with Crippen molar-refractivity contribution in [2.45, 2.75) is 64.2 Å². The molecule has 1 fully saturated rings. The van der Waals surface area contributed by atoms with Gasteiger partial charge in [-0.3, -0.25) is 4.57 Å². The number of halogens is 1. The van der Waals surface area contributed by atoms with Gasteiger partial charge in [0.15, 0.2) is 0 Å². The third-order valence-corrected chi connectivity index (χ3v) is 11.0. The number of fused-ring (bicyclic) bond motifs is 4. The van der Waals surface area contributed by atoms with Crippen LogP contribution in [0.15, 0.2) is 128 Å². The summed E-state index contributed by atoms with van der Waals surface area (Å²) in [5, 5.41) is 2.36. The number of nitrogens with zero attached hydrogens (tertiary/aromatic N) is 4. The summed E-state index contributed by atoms with van der Waals surface area (Å²) in [7, 11) is 0. The smallest absolute Gasteiger partial charge is 0.137 e. The number of pyridine rings is 1. The molecule has 0 bridgehead atoms. The summed E-state index contributed by atoms with van der Waals surface area (Å²) < 4.78 is 23.1. The molecule has 7 aromatic rings. The Morgan fingerprint density at radius 2 is 1.37 bits per heavy atom. The topological polar surface area (TPSA) is 33.5 Å². The average Bonchev–Trinajstić information content (AvgIpc) is 3.57. The molecular formula is C46H43FN4O. The van der Waals surface area contributed by atoms with Gasteiger partial charge < -0.3 is 14.5 Å². The van der Waals surface area contributed by atoms with Crippen LogP contribution in [0.4, 0.5) is 27.1 Å². The molecule has 0 amide bonds. The Hall–Kier alpha value is -5.62. The highest BCUT2D eigenvalue weighted by Crippen LogP contribution is 2.46. The summed E-state index contributed by atoms with van der Waals surface area (Å²) in [6.45, 7) is 5.05. The van der Waals surface area contributed by atoms with Crippen molar-refractivity contribution >= 4 is 44.6 Å². The minimum atomic E-state index is -0.232. The highest BCUT2D eigenvalue weighted by molar-refractivity contribution is 6.09. The van der Waals surface area contributed by atoms with E-state index in [0.717, 1.165) is 51.1 Å². The standard InChI is InChI=1S/C46H43FN4O/c1-31(2)33-23-24-48-46(27-33)51-42-14-8-7-13-40(42)41-22-21-38(29-45(41)51)52-39-26-34(32-11-5-3-4-6-12-32)25-37(28-39)50-30-49(36-19-17-35(47)18-20-36)43-15-9-10-16-44(43)50/h7-10,13-29,31-32H,3-6,11-12,30H2,1-2H3. The first-order chi connectivity index (χ1) is 25.5. The van der Waals surface area contributed by atoms with Crippen LogP contribution in [-0.4, -0.2) is 16.2 Å². The molecule has 260 valence electrons. The van der Waals surface area contributed by atoms with Crippen molar-refractivity contribution in [1.29, 1.82) is 0 Å². The molecule has 1 aliphatic heterocycles. The Labute approximate surface area is 304 Å². The van der Waals surface area contributed by atoms with Crippen molar-refractivity contribution < 1.29 is 9.13 Å². The molecule has 6 heteroatoms. The number of hydrogen-bond donors (Lipinski definition) is 0. The van der Waals surface area contributed by atoms with Crippen LogP contribution in [-0.2, 0) is 0 Å². The molecule has 1 aliphatic carbocycles. The van der Waals surface area contributed by atoms with Crippen LogP contribution in [0.1, 0.15) is 75.3 Å². The Kier molecular flexibility index (Phi) is 8.38. The van der Waals surface area contributed by atoms with Crippen LogP contribution in [0.5, 0.6) is 11.5 Å². The van der Waals surface area contributed by atoms with Crippen molar-refractivity contribution in [3.05, 3.63) is 144 Å². The zero-order valence-electron chi connectivity index (χ0n) is 29.8. The Bertz CT molecular complexity index is 2390. The summed E-state index contributed by atoms with van der Waals surface area (Å²) in [5.74, 6) is 3.18. The minimum Gasteiger partial charge on any atom is -0.457 e. The molecule has 0 N–H and O–H groups in total. The monoisotopic (exact) mass is 686 g/mol. The van der Waals surface area contributed by atoms with Gasteiger partial charge in [0.05, 0.1) is 22.4 Å². The fourth-order valence-corrected chi connectivity index (χ4v) is 8.26. The molecule has 0 spiro atoms. The molecule has 9 rings (SSSR count). The Morgan fingerprint density at radius 1 is 0.654 bits per heavy atom. The van der Waals surface area contributed by atoms with Crippen LogP contribution in [0, 0.1) is 5.82 Å². The zero-order valence-corrected chi connectivity index (χ0v) is 29.8. The average molecular weight is 687 g/mol. The predicted molar refractivity (Wildman–Crippen MR) is 212 cm³/mol. The third kappa shape index (κ3) is 5.96. The van der Waals surface area contributed by atoms with Gasteiger partial charge in [-0.15, -0.1) is 0 Å². The molecule has 0 unspecified atom stereocenters. The second-order valence-electron chi connectivity index (χ2n) is 14.6. The van der Waals surface area contributed by atoms with Crippen molar-refractivity contribution in [3.63, 3.8) is 0 Å². The van der Waals surface area contributed by atoms with Gasteiger partial charge in [-0.05, 0) is 115 Å². The molecule has 0 atom stereocenters. The quantitative estimate of drug-likeness (QED) is 0.156. The molecule has 0 radical (unpaired) electrons. The molecule has 3 heterocycles. The second kappa shape index (κ2) is 13.5. The van der Waals surface area contributed by atoms with Gasteiger partial charge in [0, 0.05) is 40.5 Å². The van der Waals surface area contributed by atoms with E-state index in [1.165, 1.54) is 72.6 Å². The van der Waals surface area contributed by atoms with Crippen LogP contribution < -0.4 is 14.5 Å². The zero-order chi connectivity index (χ0) is 35.2. The van der Waals surface area contributed by atoms with Crippen LogP contribution in [0.3, 0.4) is 0 Å². The lowest BCUT2D eigenvalue weighted by Gasteiger charge is -2.25. The highest BCUT2D eigenvalue weighted by Gasteiger charge is 2.29. The molecule has 52 heavy (non-hydrogen) atoms. The lowest BCUT2D eigenvalue weighted by atomic mass is 9.91. The molecule has 2 aliphatic rings. The van der Waals surface area contributed by atoms with Gasteiger partial charge in [-0.2, -0.15) is 0 Å². The first kappa shape index (κ1) is 32.3. The molecule has 5 aromatic carbocycles. The number of ether oxygens (including phenoxy) is 1. The highest BCUT2D eigenvalue weighted by atomic mass is 19.1. The maximum absolute atomic E-state index is 13.9. The van der Waals surface area contributed by atoms with E-state index >= 15 is 0 Å². The Morgan fingerprint density at radius 3 is 2.13 bits per heavy atom. The van der Waals surface area contributed by atoms with E-state index in [0.29, 0.717) is 18.5 Å².